The standard InChI is InChI=1S/C18H16N12O2/c1-31-17-27-13-21-9-5-3-7-11(19-9)23-15-26-16(30-18(29-15)32-2)24-12-8-4-6-10(20-12)22-14(25-13)28-17/h3-8H,1-2H3,(H4,19,20,21,22,23,24,25,26,27,28,29,30). The highest BCUT2D eigenvalue weighted by atomic mass is 16.5. The molecule has 160 valence electrons. The van der Waals surface area contributed by atoms with Crippen LogP contribution in [0.4, 0.5) is 23.8 Å². The van der Waals surface area contributed by atoms with E-state index in [9.17, 15) is 0 Å². The summed E-state index contributed by atoms with van der Waals surface area (Å²) in [6.07, 6.45) is 10.7. The third kappa shape index (κ3) is 4.18. The number of nitrogens with zero attached hydrogens (tertiary/aromatic N) is 8. The molecule has 14 heteroatoms. The number of dihydropyridines is 2. The molecule has 0 unspecified atom stereocenters. The Morgan fingerprint density at radius 3 is 1.59 bits per heavy atom. The fourth-order valence-corrected chi connectivity index (χ4v) is 2.73. The maximum atomic E-state index is 5.20. The van der Waals surface area contributed by atoms with E-state index in [4.69, 9.17) is 9.47 Å². The normalized spacial score (nSPS) is 16.1. The number of aromatic nitrogens is 6. The van der Waals surface area contributed by atoms with Crippen LogP contribution in [-0.2, 0) is 0 Å². The number of amidine groups is 2. The lowest BCUT2D eigenvalue weighted by atomic mass is 10.3. The number of hydrogen-bond donors (Lipinski definition) is 4. The second kappa shape index (κ2) is 8.10. The Morgan fingerprint density at radius 1 is 0.594 bits per heavy atom. The lowest BCUT2D eigenvalue weighted by molar-refractivity contribution is 0.379. The summed E-state index contributed by atoms with van der Waals surface area (Å²) in [5, 5.41) is 12.4. The molecule has 0 amide bonds. The Morgan fingerprint density at radius 2 is 1.09 bits per heavy atom. The van der Waals surface area contributed by atoms with E-state index in [1.165, 1.54) is 14.2 Å². The van der Waals surface area contributed by atoms with Gasteiger partial charge in [0, 0.05) is 0 Å². The molecule has 14 nitrogen and oxygen atoms in total. The minimum absolute atomic E-state index is 0.0850. The van der Waals surface area contributed by atoms with Crippen molar-refractivity contribution in [1.82, 2.24) is 40.5 Å². The van der Waals surface area contributed by atoms with Crippen molar-refractivity contribution in [2.24, 2.45) is 9.98 Å². The molecule has 3 aliphatic rings. The van der Waals surface area contributed by atoms with Gasteiger partial charge in [0.15, 0.2) is 0 Å². The van der Waals surface area contributed by atoms with E-state index in [-0.39, 0.29) is 35.8 Å². The van der Waals surface area contributed by atoms with Gasteiger partial charge >= 0.3 is 12.0 Å². The summed E-state index contributed by atoms with van der Waals surface area (Å²) < 4.78 is 10.4. The van der Waals surface area contributed by atoms with Crippen molar-refractivity contribution in [1.29, 1.82) is 0 Å². The summed E-state index contributed by atoms with van der Waals surface area (Å²) in [7, 11) is 2.93. The molecule has 0 atom stereocenters. The lowest BCUT2D eigenvalue weighted by Crippen LogP contribution is -2.29. The molecule has 0 aliphatic carbocycles. The molecule has 0 aromatic carbocycles. The van der Waals surface area contributed by atoms with Crippen LogP contribution in [-0.4, -0.2) is 55.8 Å². The van der Waals surface area contributed by atoms with Crippen LogP contribution in [0.3, 0.4) is 0 Å². The van der Waals surface area contributed by atoms with Crippen molar-refractivity contribution >= 4 is 35.5 Å². The molecule has 0 saturated heterocycles. The smallest absolute Gasteiger partial charge is 0.322 e. The molecule has 0 radical (unpaired) electrons. The van der Waals surface area contributed by atoms with Crippen LogP contribution < -0.4 is 30.7 Å². The average molecular weight is 432 g/mol. The molecule has 5 rings (SSSR count). The lowest BCUT2D eigenvalue weighted by Gasteiger charge is -2.17. The van der Waals surface area contributed by atoms with E-state index in [0.29, 0.717) is 23.3 Å². The van der Waals surface area contributed by atoms with Crippen molar-refractivity contribution < 1.29 is 9.47 Å². The highest BCUT2D eigenvalue weighted by Gasteiger charge is 2.15. The number of anilines is 2. The van der Waals surface area contributed by atoms with E-state index in [0.717, 1.165) is 0 Å². The zero-order chi connectivity index (χ0) is 21.9. The third-order valence-electron chi connectivity index (χ3n) is 4.06. The topological polar surface area (TPSA) is 169 Å². The monoisotopic (exact) mass is 432 g/mol. The van der Waals surface area contributed by atoms with Gasteiger partial charge in [0.2, 0.25) is 11.9 Å². The van der Waals surface area contributed by atoms with Crippen LogP contribution >= 0.6 is 0 Å². The van der Waals surface area contributed by atoms with Crippen molar-refractivity contribution in [2.75, 3.05) is 24.9 Å². The van der Waals surface area contributed by atoms with E-state index >= 15 is 0 Å². The number of allylic oxidation sites excluding steroid dienone is 4. The number of nitrogens with one attached hydrogen (secondary N) is 4. The highest BCUT2D eigenvalue weighted by molar-refractivity contribution is 5.98. The second-order valence-electron chi connectivity index (χ2n) is 6.26. The molecular weight excluding hydrogens is 416 g/mol. The minimum atomic E-state index is 0.0850. The summed E-state index contributed by atoms with van der Waals surface area (Å²) in [5.41, 5.74) is 0. The largest absolute Gasteiger partial charge is 0.467 e. The fourth-order valence-electron chi connectivity index (χ4n) is 2.73. The Balaban J connectivity index is 1.62. The number of rotatable bonds is 2. The van der Waals surface area contributed by atoms with Crippen molar-refractivity contribution in [2.45, 2.75) is 0 Å². The van der Waals surface area contributed by atoms with Gasteiger partial charge in [-0.05, 0) is 24.3 Å². The molecule has 0 fully saturated rings. The van der Waals surface area contributed by atoms with E-state index in [2.05, 4.69) is 61.2 Å². The van der Waals surface area contributed by atoms with E-state index in [1.807, 2.05) is 0 Å². The maximum absolute atomic E-state index is 5.20. The quantitative estimate of drug-likeness (QED) is 0.524. The van der Waals surface area contributed by atoms with Gasteiger partial charge in [-0.25, -0.2) is 0 Å². The molecule has 4 N–H and O–H groups in total. The molecule has 3 aliphatic heterocycles. The summed E-state index contributed by atoms with van der Waals surface area (Å²) in [4.78, 5) is 34.3. The first-order valence-electron chi connectivity index (χ1n) is 9.29. The zero-order valence-electron chi connectivity index (χ0n) is 16.9. The predicted molar refractivity (Wildman–Crippen MR) is 115 cm³/mol. The number of methoxy groups -OCH3 is 2. The predicted octanol–water partition coefficient (Wildman–Crippen LogP) is 0.673. The zero-order valence-corrected chi connectivity index (χ0v) is 16.9. The van der Waals surface area contributed by atoms with Gasteiger partial charge < -0.3 is 30.7 Å². The van der Waals surface area contributed by atoms with Crippen LogP contribution in [0.2, 0.25) is 0 Å². The molecule has 2 aromatic heterocycles. The summed E-state index contributed by atoms with van der Waals surface area (Å²) in [6, 6.07) is 0.217. The second-order valence-corrected chi connectivity index (χ2v) is 6.26. The minimum Gasteiger partial charge on any atom is -0.467 e. The summed E-state index contributed by atoms with van der Waals surface area (Å²) in [5.74, 6) is 2.82. The van der Waals surface area contributed by atoms with Crippen molar-refractivity contribution in [3.8, 4) is 12.0 Å². The van der Waals surface area contributed by atoms with Crippen molar-refractivity contribution in [3.05, 3.63) is 48.1 Å². The van der Waals surface area contributed by atoms with E-state index < -0.39 is 0 Å². The van der Waals surface area contributed by atoms with Gasteiger partial charge in [0.05, 0.1) is 14.2 Å². The SMILES string of the molecule is COc1nc2nc(n1)N=C1C=CC=C(N1)Nc1nc(nc(OC)n1)NC1=CC=CC(=N2)N1. The summed E-state index contributed by atoms with van der Waals surface area (Å²) in [6.45, 7) is 0. The number of aliphatic imine (C=N–C) groups is 2. The molecule has 0 saturated carbocycles. The average Bonchev–Trinajstić information content (AvgIpc) is 2.78. The van der Waals surface area contributed by atoms with Crippen LogP contribution in [0.1, 0.15) is 0 Å². The number of ether oxygens (including phenoxy) is 2. The molecule has 32 heavy (non-hydrogen) atoms. The van der Waals surface area contributed by atoms with Crippen molar-refractivity contribution in [3.63, 3.8) is 0 Å². The van der Waals surface area contributed by atoms with Crippen LogP contribution in [0.15, 0.2) is 58.1 Å². The van der Waals surface area contributed by atoms with Crippen LogP contribution in [0.25, 0.3) is 0 Å². The third-order valence-corrected chi connectivity index (χ3v) is 4.06. The van der Waals surface area contributed by atoms with Gasteiger partial charge in [-0.2, -0.15) is 39.9 Å². The molecule has 8 bridgehead atoms. The van der Waals surface area contributed by atoms with Crippen LogP contribution in [0.5, 0.6) is 12.0 Å². The van der Waals surface area contributed by atoms with Gasteiger partial charge in [-0.3, -0.25) is 0 Å². The molecule has 2 aromatic rings. The maximum Gasteiger partial charge on any atom is 0.322 e. The molecule has 0 spiro atoms. The van der Waals surface area contributed by atoms with Crippen LogP contribution in [0, 0.1) is 0 Å². The Hall–Kier alpha value is -4.88. The number of fused-ring (bicyclic) bond motifs is 8. The molecule has 5 heterocycles. The first-order valence-corrected chi connectivity index (χ1v) is 9.29. The number of hydrogen-bond acceptors (Lipinski definition) is 14. The first kappa shape index (κ1) is 19.1. The first-order chi connectivity index (χ1) is 15.7. The van der Waals surface area contributed by atoms with Gasteiger partial charge in [0.1, 0.15) is 23.3 Å². The van der Waals surface area contributed by atoms with Gasteiger partial charge in [-0.15, -0.1) is 0 Å². The Bertz CT molecular complexity index is 1170. The van der Waals surface area contributed by atoms with Gasteiger partial charge in [-0.1, -0.05) is 12.2 Å². The Labute approximate surface area is 181 Å². The highest BCUT2D eigenvalue weighted by Crippen LogP contribution is 2.19. The van der Waals surface area contributed by atoms with Gasteiger partial charge in [0.25, 0.3) is 11.9 Å². The fraction of sp³-hybridized carbons (Fsp3) is 0.111. The summed E-state index contributed by atoms with van der Waals surface area (Å²) >= 11 is 0. The van der Waals surface area contributed by atoms with E-state index in [1.54, 1.807) is 36.5 Å². The molecular formula is C18H16N12O2. The Kier molecular flexibility index (Phi) is 4.83.